The molecular weight excluding hydrogens is 812 g/mol. The zero-order valence-corrected chi connectivity index (χ0v) is 35.4. The number of aliphatic hydroxyl groups is 10. The highest BCUT2D eigenvalue weighted by Gasteiger charge is 2.50. The molecule has 2 bridgehead atoms. The molecule has 0 aromatic carbocycles. The minimum absolute atomic E-state index is 0.0398. The number of carbonyl (C=O) groups excluding carboxylic acids is 1. The van der Waals surface area contributed by atoms with Crippen molar-refractivity contribution in [1.29, 1.82) is 0 Å². The van der Waals surface area contributed by atoms with Gasteiger partial charge in [0.05, 0.1) is 74.1 Å². The minimum Gasteiger partial charge on any atom is -0.481 e. The maximum Gasteiger partial charge on any atom is 0.311 e. The number of allylic oxidation sites excluding steroid dienone is 12. The lowest BCUT2D eigenvalue weighted by Gasteiger charge is -2.44. The molecule has 11 N–H and O–H groups in total. The Morgan fingerprint density at radius 2 is 1.21 bits per heavy atom. The highest BCUT2D eigenvalue weighted by atomic mass is 16.7. The first-order valence-electron chi connectivity index (χ1n) is 21.3. The van der Waals surface area contributed by atoms with Gasteiger partial charge >= 0.3 is 11.9 Å². The van der Waals surface area contributed by atoms with Crippen LogP contribution in [0.2, 0.25) is 0 Å². The summed E-state index contributed by atoms with van der Waals surface area (Å²) >= 11 is 0. The Morgan fingerprint density at radius 1 is 0.629 bits per heavy atom. The second-order valence-corrected chi connectivity index (χ2v) is 16.5. The van der Waals surface area contributed by atoms with Gasteiger partial charge in [0.2, 0.25) is 0 Å². The van der Waals surface area contributed by atoms with E-state index in [1.165, 1.54) is 0 Å². The Kier molecular flexibility index (Phi) is 23.1. The third-order valence-electron chi connectivity index (χ3n) is 10.8. The van der Waals surface area contributed by atoms with Crippen LogP contribution >= 0.6 is 0 Å². The van der Waals surface area contributed by atoms with Gasteiger partial charge in [0.25, 0.3) is 0 Å². The van der Waals surface area contributed by atoms with Crippen LogP contribution in [0.1, 0.15) is 78.1 Å². The van der Waals surface area contributed by atoms with E-state index in [2.05, 4.69) is 0 Å². The Bertz CT molecular complexity index is 1560. The normalized spacial score (nSPS) is 43.5. The second-order valence-electron chi connectivity index (χ2n) is 16.5. The van der Waals surface area contributed by atoms with Gasteiger partial charge in [-0.15, -0.1) is 0 Å². The van der Waals surface area contributed by atoms with Crippen LogP contribution in [-0.2, 0) is 28.5 Å². The molecule has 3 aliphatic rings. The summed E-state index contributed by atoms with van der Waals surface area (Å²) in [6.45, 7) is 3.32. The first-order valence-corrected chi connectivity index (χ1v) is 21.3. The molecule has 3 heterocycles. The summed E-state index contributed by atoms with van der Waals surface area (Å²) in [5, 5.41) is 117. The first-order chi connectivity index (χ1) is 29.3. The van der Waals surface area contributed by atoms with Crippen LogP contribution in [-0.4, -0.2) is 160 Å². The SMILES string of the molecule is C[C@H]1C[C@H](O)[C@@H](C)\C=C/C=C\C=C/C=C\C=C/C=C\C=C/[C@H](O[C@@H]2OC[C@@H](O)C[C@@H]2O)C[C@@H]2O[C@](O)(C[C@@H](O)C[C@@H](O)[C@H](O)CC[C@@H](O)C[C@@H](O)CC(=O)O1)C[C@H](O)[C@H]2C(=O)O. The Labute approximate surface area is 362 Å². The van der Waals surface area contributed by atoms with Crippen LogP contribution in [0.5, 0.6) is 0 Å². The molecule has 0 spiro atoms. The molecule has 350 valence electrons. The van der Waals surface area contributed by atoms with Crippen molar-refractivity contribution in [3.05, 3.63) is 85.1 Å². The summed E-state index contributed by atoms with van der Waals surface area (Å²) in [6.07, 6.45) is 5.77. The number of fused-ring (bicyclic) bond motifs is 2. The minimum atomic E-state index is -2.29. The molecule has 2 fully saturated rings. The van der Waals surface area contributed by atoms with Crippen LogP contribution in [0.4, 0.5) is 0 Å². The molecule has 62 heavy (non-hydrogen) atoms. The Balaban J connectivity index is 1.81. The third kappa shape index (κ3) is 19.6. The van der Waals surface area contributed by atoms with Gasteiger partial charge in [0, 0.05) is 44.4 Å². The van der Waals surface area contributed by atoms with E-state index in [-0.39, 0.29) is 51.0 Å². The molecular formula is C45H68O17. The maximum absolute atomic E-state index is 12.5. The fourth-order valence-electron chi connectivity index (χ4n) is 7.46. The second kappa shape index (κ2) is 27.0. The summed E-state index contributed by atoms with van der Waals surface area (Å²) in [5.74, 6) is -6.24. The molecule has 0 aromatic heterocycles. The number of aliphatic carboxylic acids is 1. The zero-order valence-electron chi connectivity index (χ0n) is 35.4. The quantitative estimate of drug-likeness (QED) is 0.177. The number of carbonyl (C=O) groups is 2. The maximum atomic E-state index is 12.5. The van der Waals surface area contributed by atoms with Crippen molar-refractivity contribution in [2.24, 2.45) is 11.8 Å². The number of cyclic esters (lactones) is 1. The van der Waals surface area contributed by atoms with E-state index in [9.17, 15) is 65.8 Å². The lowest BCUT2D eigenvalue weighted by molar-refractivity contribution is -0.305. The summed E-state index contributed by atoms with van der Waals surface area (Å²) < 4.78 is 22.7. The Hall–Kier alpha value is -3.40. The summed E-state index contributed by atoms with van der Waals surface area (Å²) in [7, 11) is 0. The van der Waals surface area contributed by atoms with Crippen molar-refractivity contribution in [1.82, 2.24) is 0 Å². The van der Waals surface area contributed by atoms with Gasteiger partial charge in [0.1, 0.15) is 18.1 Å². The predicted molar refractivity (Wildman–Crippen MR) is 224 cm³/mol. The number of carboxylic acid groups (broad SMARTS) is 1. The van der Waals surface area contributed by atoms with E-state index in [0.29, 0.717) is 0 Å². The van der Waals surface area contributed by atoms with E-state index in [0.717, 1.165) is 0 Å². The van der Waals surface area contributed by atoms with Crippen molar-refractivity contribution in [3.63, 3.8) is 0 Å². The molecule has 0 saturated carbocycles. The van der Waals surface area contributed by atoms with Gasteiger partial charge in [-0.3, -0.25) is 9.59 Å². The number of rotatable bonds is 3. The van der Waals surface area contributed by atoms with E-state index in [4.69, 9.17) is 18.9 Å². The lowest BCUT2D eigenvalue weighted by atomic mass is 9.82. The Morgan fingerprint density at radius 3 is 1.81 bits per heavy atom. The third-order valence-corrected chi connectivity index (χ3v) is 10.8. The molecule has 3 aliphatic heterocycles. The number of ether oxygens (including phenoxy) is 4. The molecule has 17 nitrogen and oxygen atoms in total. The fraction of sp³-hybridized carbons (Fsp3) is 0.644. The summed E-state index contributed by atoms with van der Waals surface area (Å²) in [4.78, 5) is 24.8. The van der Waals surface area contributed by atoms with Crippen LogP contribution < -0.4 is 0 Å². The van der Waals surface area contributed by atoms with Crippen molar-refractivity contribution in [2.75, 3.05) is 6.61 Å². The van der Waals surface area contributed by atoms with Gasteiger partial charge in [-0.05, 0) is 26.2 Å². The van der Waals surface area contributed by atoms with Crippen molar-refractivity contribution in [2.45, 2.75) is 163 Å². The number of hydrogen-bond acceptors (Lipinski definition) is 16. The van der Waals surface area contributed by atoms with E-state index in [1.54, 1.807) is 73.8 Å². The van der Waals surface area contributed by atoms with Crippen LogP contribution in [0.15, 0.2) is 85.1 Å². The van der Waals surface area contributed by atoms with Gasteiger partial charge in [-0.25, -0.2) is 0 Å². The molecule has 2 saturated heterocycles. The molecule has 3 rings (SSSR count). The summed E-state index contributed by atoms with van der Waals surface area (Å²) in [5.41, 5.74) is 0. The molecule has 0 aromatic rings. The predicted octanol–water partition coefficient (Wildman–Crippen LogP) is 1.14. The molecule has 17 heteroatoms. The van der Waals surface area contributed by atoms with E-state index in [1.807, 2.05) is 25.2 Å². The number of aliphatic hydroxyl groups excluding tert-OH is 9. The van der Waals surface area contributed by atoms with Gasteiger partial charge in [-0.2, -0.15) is 0 Å². The monoisotopic (exact) mass is 880 g/mol. The van der Waals surface area contributed by atoms with Crippen molar-refractivity contribution < 1.29 is 84.7 Å². The molecule has 16 atom stereocenters. The van der Waals surface area contributed by atoms with E-state index >= 15 is 0 Å². The van der Waals surface area contributed by atoms with Crippen LogP contribution in [0.25, 0.3) is 0 Å². The summed E-state index contributed by atoms with van der Waals surface area (Å²) in [6, 6.07) is 0. The molecule has 0 amide bonds. The average Bonchev–Trinajstić information content (AvgIpc) is 3.16. The first kappa shape index (κ1) is 52.9. The topological polar surface area (TPSA) is 294 Å². The zero-order chi connectivity index (χ0) is 45.8. The van der Waals surface area contributed by atoms with Gasteiger partial charge < -0.3 is 75.1 Å². The van der Waals surface area contributed by atoms with Gasteiger partial charge in [0.15, 0.2) is 12.1 Å². The van der Waals surface area contributed by atoms with Gasteiger partial charge in [-0.1, -0.05) is 92.0 Å². The molecule has 0 unspecified atom stereocenters. The van der Waals surface area contributed by atoms with Crippen LogP contribution in [0.3, 0.4) is 0 Å². The number of hydrogen-bond donors (Lipinski definition) is 11. The standard InChI is InChI=1S/C45H68O17/c1-28-15-13-11-9-7-5-3-4-6-8-10-12-14-16-34(61-44-38(53)22-33(49)27-59-44)24-40-42(43(56)57)39(54)26-45(58,62-40)25-32(48)21-37(52)35(50)18-17-30(46)20-31(47)23-41(55)60-29(2)19-36(28)51/h3-16,28-40,42,44,46-54,58H,17-27H2,1-2H3,(H,56,57)/b4-3-,7-5-,8-6-,11-9-,12-10-,15-13-,16-14-/t28-,29-,30+,31+,32-,33-,34-,35+,36-,37+,38-,39-,40-,42+,44-,45+/m0/s1. The largest absolute Gasteiger partial charge is 0.481 e. The van der Waals surface area contributed by atoms with Crippen molar-refractivity contribution >= 4 is 11.9 Å². The number of esters is 1. The van der Waals surface area contributed by atoms with Crippen LogP contribution in [0, 0.1) is 11.8 Å². The molecule has 0 radical (unpaired) electrons. The highest BCUT2D eigenvalue weighted by Crippen LogP contribution is 2.38. The average molecular weight is 881 g/mol. The van der Waals surface area contributed by atoms with E-state index < -0.39 is 129 Å². The highest BCUT2D eigenvalue weighted by molar-refractivity contribution is 5.71. The lowest BCUT2D eigenvalue weighted by Crippen LogP contribution is -2.56. The van der Waals surface area contributed by atoms with Crippen molar-refractivity contribution in [3.8, 4) is 0 Å². The number of carboxylic acids is 1. The fourth-order valence-corrected chi connectivity index (χ4v) is 7.46. The smallest absolute Gasteiger partial charge is 0.311 e. The molecule has 0 aliphatic carbocycles.